The summed E-state index contributed by atoms with van der Waals surface area (Å²) in [6.07, 6.45) is 1.85. The van der Waals surface area contributed by atoms with Crippen LogP contribution in [-0.2, 0) is 11.3 Å². The van der Waals surface area contributed by atoms with Crippen LogP contribution in [0.5, 0.6) is 0 Å². The summed E-state index contributed by atoms with van der Waals surface area (Å²) in [6.45, 7) is 9.48. The van der Waals surface area contributed by atoms with E-state index in [1.165, 1.54) is 16.7 Å². The molecule has 0 aromatic heterocycles. The van der Waals surface area contributed by atoms with Crippen molar-refractivity contribution in [2.45, 2.75) is 46.2 Å². The van der Waals surface area contributed by atoms with Crippen LogP contribution in [0, 0.1) is 13.8 Å². The standard InChI is InChI=1S/C17H26N2O2/c1-4-21-17(20)18-16-6-5-9-19(12-16)11-15-8-7-13(2)10-14(15)3/h7-8,10,16H,4-6,9,11-12H2,1-3H3,(H,18,20). The number of carbonyl (C=O) groups is 1. The number of likely N-dealkylation sites (tertiary alicyclic amines) is 1. The maximum Gasteiger partial charge on any atom is 0.407 e. The lowest BCUT2D eigenvalue weighted by molar-refractivity contribution is 0.132. The Hall–Kier alpha value is -1.55. The third-order valence-electron chi connectivity index (χ3n) is 3.99. The number of hydrogen-bond acceptors (Lipinski definition) is 3. The predicted molar refractivity (Wildman–Crippen MR) is 84.4 cm³/mol. The van der Waals surface area contributed by atoms with Gasteiger partial charge in [0.15, 0.2) is 0 Å². The van der Waals surface area contributed by atoms with Crippen LogP contribution in [0.1, 0.15) is 36.5 Å². The van der Waals surface area contributed by atoms with Gasteiger partial charge in [-0.2, -0.15) is 0 Å². The number of nitrogens with zero attached hydrogens (tertiary/aromatic N) is 1. The van der Waals surface area contributed by atoms with E-state index in [2.05, 4.69) is 42.3 Å². The second-order valence-electron chi connectivity index (χ2n) is 5.87. The Morgan fingerprint density at radius 1 is 1.43 bits per heavy atom. The van der Waals surface area contributed by atoms with Gasteiger partial charge in [-0.1, -0.05) is 23.8 Å². The highest BCUT2D eigenvalue weighted by molar-refractivity contribution is 5.67. The minimum Gasteiger partial charge on any atom is -0.450 e. The summed E-state index contributed by atoms with van der Waals surface area (Å²) >= 11 is 0. The predicted octanol–water partition coefficient (Wildman–Crippen LogP) is 3.01. The Morgan fingerprint density at radius 3 is 2.95 bits per heavy atom. The number of rotatable bonds is 4. The van der Waals surface area contributed by atoms with Crippen LogP contribution in [0.15, 0.2) is 18.2 Å². The van der Waals surface area contributed by atoms with E-state index in [0.717, 1.165) is 32.5 Å². The molecule has 2 rings (SSSR count). The third-order valence-corrected chi connectivity index (χ3v) is 3.99. The normalized spacial score (nSPS) is 19.3. The molecule has 1 saturated heterocycles. The van der Waals surface area contributed by atoms with Crippen molar-refractivity contribution in [3.63, 3.8) is 0 Å². The number of piperidine rings is 1. The first-order chi connectivity index (χ1) is 10.1. The molecule has 1 atom stereocenters. The molecule has 1 aromatic carbocycles. The average molecular weight is 290 g/mol. The van der Waals surface area contributed by atoms with Gasteiger partial charge in [0, 0.05) is 19.1 Å². The van der Waals surface area contributed by atoms with Crippen LogP contribution in [-0.4, -0.2) is 36.7 Å². The minimum absolute atomic E-state index is 0.198. The number of ether oxygens (including phenoxy) is 1. The smallest absolute Gasteiger partial charge is 0.407 e. The number of nitrogens with one attached hydrogen (secondary N) is 1. The quantitative estimate of drug-likeness (QED) is 0.927. The van der Waals surface area contributed by atoms with Crippen molar-refractivity contribution in [3.05, 3.63) is 34.9 Å². The van der Waals surface area contributed by atoms with E-state index in [4.69, 9.17) is 4.74 Å². The zero-order chi connectivity index (χ0) is 15.2. The number of amides is 1. The topological polar surface area (TPSA) is 41.6 Å². The van der Waals surface area contributed by atoms with Crippen LogP contribution in [0.3, 0.4) is 0 Å². The van der Waals surface area contributed by atoms with E-state index in [0.29, 0.717) is 6.61 Å². The van der Waals surface area contributed by atoms with Crippen molar-refractivity contribution in [2.24, 2.45) is 0 Å². The SMILES string of the molecule is CCOC(=O)NC1CCCN(Cc2ccc(C)cc2C)C1. The number of alkyl carbamates (subject to hydrolysis) is 1. The van der Waals surface area contributed by atoms with Gasteiger partial charge in [-0.25, -0.2) is 4.79 Å². The van der Waals surface area contributed by atoms with E-state index >= 15 is 0 Å². The van der Waals surface area contributed by atoms with Gasteiger partial charge < -0.3 is 10.1 Å². The molecule has 4 nitrogen and oxygen atoms in total. The molecular formula is C17H26N2O2. The first-order valence-corrected chi connectivity index (χ1v) is 7.80. The Kier molecular flexibility index (Phi) is 5.62. The van der Waals surface area contributed by atoms with Crippen LogP contribution < -0.4 is 5.32 Å². The van der Waals surface area contributed by atoms with E-state index in [1.54, 1.807) is 0 Å². The molecule has 1 aliphatic heterocycles. The van der Waals surface area contributed by atoms with Crippen molar-refractivity contribution in [1.82, 2.24) is 10.2 Å². The maximum absolute atomic E-state index is 11.5. The van der Waals surface area contributed by atoms with Crippen molar-refractivity contribution in [1.29, 1.82) is 0 Å². The molecule has 1 unspecified atom stereocenters. The first-order valence-electron chi connectivity index (χ1n) is 7.80. The third kappa shape index (κ3) is 4.74. The highest BCUT2D eigenvalue weighted by Crippen LogP contribution is 2.17. The summed E-state index contributed by atoms with van der Waals surface area (Å²) < 4.78 is 4.96. The molecule has 21 heavy (non-hydrogen) atoms. The zero-order valence-electron chi connectivity index (χ0n) is 13.3. The molecule has 1 aromatic rings. The van der Waals surface area contributed by atoms with Crippen LogP contribution in [0.25, 0.3) is 0 Å². The first kappa shape index (κ1) is 15.8. The fourth-order valence-corrected chi connectivity index (χ4v) is 2.92. The largest absolute Gasteiger partial charge is 0.450 e. The monoisotopic (exact) mass is 290 g/mol. The summed E-state index contributed by atoms with van der Waals surface area (Å²) in [4.78, 5) is 13.9. The molecule has 0 radical (unpaired) electrons. The fraction of sp³-hybridized carbons (Fsp3) is 0.588. The summed E-state index contributed by atoms with van der Waals surface area (Å²) in [5.41, 5.74) is 4.02. The lowest BCUT2D eigenvalue weighted by Crippen LogP contribution is -2.47. The summed E-state index contributed by atoms with van der Waals surface area (Å²) in [5.74, 6) is 0. The van der Waals surface area contributed by atoms with Gasteiger partial charge in [0.05, 0.1) is 6.61 Å². The molecule has 1 fully saturated rings. The van der Waals surface area contributed by atoms with Gasteiger partial charge in [0.1, 0.15) is 0 Å². The Morgan fingerprint density at radius 2 is 2.24 bits per heavy atom. The second-order valence-corrected chi connectivity index (χ2v) is 5.87. The Balaban J connectivity index is 1.90. The molecular weight excluding hydrogens is 264 g/mol. The second kappa shape index (κ2) is 7.46. The molecule has 0 saturated carbocycles. The van der Waals surface area contributed by atoms with E-state index in [9.17, 15) is 4.79 Å². The molecule has 116 valence electrons. The molecule has 0 spiro atoms. The lowest BCUT2D eigenvalue weighted by Gasteiger charge is -2.33. The average Bonchev–Trinajstić information content (AvgIpc) is 2.42. The lowest BCUT2D eigenvalue weighted by atomic mass is 10.0. The van der Waals surface area contributed by atoms with Crippen molar-refractivity contribution in [3.8, 4) is 0 Å². The number of hydrogen-bond donors (Lipinski definition) is 1. The van der Waals surface area contributed by atoms with Gasteiger partial charge >= 0.3 is 6.09 Å². The zero-order valence-corrected chi connectivity index (χ0v) is 13.3. The fourth-order valence-electron chi connectivity index (χ4n) is 2.92. The van der Waals surface area contributed by atoms with Gasteiger partial charge in [0.2, 0.25) is 0 Å². The highest BCUT2D eigenvalue weighted by Gasteiger charge is 2.22. The van der Waals surface area contributed by atoms with Gasteiger partial charge in [0.25, 0.3) is 0 Å². The van der Waals surface area contributed by atoms with Crippen molar-refractivity contribution < 1.29 is 9.53 Å². The van der Waals surface area contributed by atoms with Crippen molar-refractivity contribution in [2.75, 3.05) is 19.7 Å². The molecule has 1 aliphatic rings. The number of benzene rings is 1. The van der Waals surface area contributed by atoms with Crippen LogP contribution in [0.2, 0.25) is 0 Å². The summed E-state index contributed by atoms with van der Waals surface area (Å²) in [5, 5.41) is 2.96. The Labute approximate surface area is 127 Å². The summed E-state index contributed by atoms with van der Waals surface area (Å²) in [7, 11) is 0. The molecule has 1 heterocycles. The van der Waals surface area contributed by atoms with Crippen LogP contribution in [0.4, 0.5) is 4.79 Å². The maximum atomic E-state index is 11.5. The molecule has 1 N–H and O–H groups in total. The van der Waals surface area contributed by atoms with Gasteiger partial charge in [-0.15, -0.1) is 0 Å². The minimum atomic E-state index is -0.295. The molecule has 4 heteroatoms. The van der Waals surface area contributed by atoms with Gasteiger partial charge in [-0.3, -0.25) is 4.90 Å². The van der Waals surface area contributed by atoms with E-state index in [-0.39, 0.29) is 12.1 Å². The van der Waals surface area contributed by atoms with Gasteiger partial charge in [-0.05, 0) is 51.3 Å². The molecule has 1 amide bonds. The van der Waals surface area contributed by atoms with E-state index < -0.39 is 0 Å². The van der Waals surface area contributed by atoms with Crippen LogP contribution >= 0.6 is 0 Å². The van der Waals surface area contributed by atoms with E-state index in [1.807, 2.05) is 6.92 Å². The molecule has 0 bridgehead atoms. The van der Waals surface area contributed by atoms with Crippen molar-refractivity contribution >= 4 is 6.09 Å². The molecule has 0 aliphatic carbocycles. The highest BCUT2D eigenvalue weighted by atomic mass is 16.5. The Bertz CT molecular complexity index is 488. The number of aryl methyl sites for hydroxylation is 2. The summed E-state index contributed by atoms with van der Waals surface area (Å²) in [6, 6.07) is 6.81. The number of carbonyl (C=O) groups excluding carboxylic acids is 1.